The number of nitrogens with one attached hydrogen (secondary N) is 3. The summed E-state index contributed by atoms with van der Waals surface area (Å²) in [5.74, 6) is -1.95. The van der Waals surface area contributed by atoms with Crippen molar-refractivity contribution in [3.63, 3.8) is 0 Å². The fourth-order valence-electron chi connectivity index (χ4n) is 2.50. The zero-order valence-corrected chi connectivity index (χ0v) is 15.5. The fraction of sp³-hybridized carbons (Fsp3) is 0.300. The van der Waals surface area contributed by atoms with Gasteiger partial charge in [-0.05, 0) is 50.1 Å². The normalized spacial score (nSPS) is 11.6. The maximum absolute atomic E-state index is 13.7. The molecule has 0 aliphatic heterocycles. The van der Waals surface area contributed by atoms with Gasteiger partial charge in [0.05, 0.1) is 5.69 Å². The quantitative estimate of drug-likeness (QED) is 0.670. The predicted molar refractivity (Wildman–Crippen MR) is 103 cm³/mol. The third-order valence-corrected chi connectivity index (χ3v) is 4.04. The lowest BCUT2D eigenvalue weighted by Gasteiger charge is -2.19. The van der Waals surface area contributed by atoms with E-state index in [0.717, 1.165) is 30.2 Å². The Bertz CT molecular complexity index is 840. The average Bonchev–Trinajstić information content (AvgIpc) is 2.61. The molecule has 7 heteroatoms. The van der Waals surface area contributed by atoms with Crippen LogP contribution in [0.15, 0.2) is 36.4 Å². The number of halogens is 2. The zero-order valence-electron chi connectivity index (χ0n) is 15.5. The third-order valence-electron chi connectivity index (χ3n) is 4.04. The zero-order chi connectivity index (χ0) is 20.0. The van der Waals surface area contributed by atoms with E-state index in [0.29, 0.717) is 17.8 Å². The van der Waals surface area contributed by atoms with Crippen molar-refractivity contribution in [2.75, 3.05) is 16.0 Å². The number of hydrogen-bond acceptors (Lipinski definition) is 3. The van der Waals surface area contributed by atoms with Crippen LogP contribution in [0.2, 0.25) is 0 Å². The van der Waals surface area contributed by atoms with Gasteiger partial charge in [-0.3, -0.25) is 9.59 Å². The Morgan fingerprint density at radius 3 is 2.44 bits per heavy atom. The second-order valence-electron chi connectivity index (χ2n) is 6.26. The van der Waals surface area contributed by atoms with Crippen molar-refractivity contribution >= 4 is 28.9 Å². The Labute approximate surface area is 157 Å². The van der Waals surface area contributed by atoms with Gasteiger partial charge in [-0.2, -0.15) is 0 Å². The molecule has 3 N–H and O–H groups in total. The molecule has 0 heterocycles. The number of anilines is 3. The third kappa shape index (κ3) is 5.51. The molecule has 2 amide bonds. The van der Waals surface area contributed by atoms with Crippen LogP contribution in [-0.2, 0) is 9.59 Å². The highest BCUT2D eigenvalue weighted by atomic mass is 19.1. The van der Waals surface area contributed by atoms with E-state index in [1.165, 1.54) is 0 Å². The van der Waals surface area contributed by atoms with Gasteiger partial charge in [-0.25, -0.2) is 8.78 Å². The van der Waals surface area contributed by atoms with Crippen molar-refractivity contribution in [3.8, 4) is 0 Å². The molecule has 2 rings (SSSR count). The molecule has 2 aromatic rings. The number of rotatable bonds is 7. The first-order valence-electron chi connectivity index (χ1n) is 8.73. The van der Waals surface area contributed by atoms with E-state index in [4.69, 9.17) is 0 Å². The second kappa shape index (κ2) is 9.12. The van der Waals surface area contributed by atoms with Crippen LogP contribution in [0, 0.1) is 18.6 Å². The summed E-state index contributed by atoms with van der Waals surface area (Å²) in [4.78, 5) is 24.1. The Hall–Kier alpha value is -2.96. The summed E-state index contributed by atoms with van der Waals surface area (Å²) in [6.07, 6.45) is 1.17. The van der Waals surface area contributed by atoms with Crippen molar-refractivity contribution in [2.45, 2.75) is 39.7 Å². The molecule has 0 radical (unpaired) electrons. The largest absolute Gasteiger partial charge is 0.374 e. The first kappa shape index (κ1) is 20.4. The van der Waals surface area contributed by atoms with Gasteiger partial charge >= 0.3 is 0 Å². The minimum Gasteiger partial charge on any atom is -0.374 e. The fourth-order valence-corrected chi connectivity index (χ4v) is 2.50. The molecule has 27 heavy (non-hydrogen) atoms. The monoisotopic (exact) mass is 375 g/mol. The molecule has 1 atom stereocenters. The molecular weight excluding hydrogens is 352 g/mol. The molecule has 0 bridgehead atoms. The molecule has 2 aromatic carbocycles. The van der Waals surface area contributed by atoms with Crippen LogP contribution in [0.5, 0.6) is 0 Å². The maximum Gasteiger partial charge on any atom is 0.246 e. The minimum atomic E-state index is -0.715. The van der Waals surface area contributed by atoms with Gasteiger partial charge < -0.3 is 16.0 Å². The minimum absolute atomic E-state index is 0.0786. The highest BCUT2D eigenvalue weighted by Gasteiger charge is 2.17. The SMILES string of the molecule is CCCC(=O)Nc1cccc(NC(C)C(=O)Nc2cc(F)ccc2F)c1C. The molecule has 0 saturated heterocycles. The molecule has 0 fully saturated rings. The van der Waals surface area contributed by atoms with Gasteiger partial charge in [0.15, 0.2) is 0 Å². The van der Waals surface area contributed by atoms with E-state index in [1.807, 2.05) is 13.8 Å². The highest BCUT2D eigenvalue weighted by molar-refractivity contribution is 5.97. The lowest BCUT2D eigenvalue weighted by molar-refractivity contribution is -0.117. The van der Waals surface area contributed by atoms with E-state index in [2.05, 4.69) is 16.0 Å². The van der Waals surface area contributed by atoms with E-state index in [-0.39, 0.29) is 11.6 Å². The summed E-state index contributed by atoms with van der Waals surface area (Å²) >= 11 is 0. The molecular formula is C20H23F2N3O2. The Balaban J connectivity index is 2.08. The second-order valence-corrected chi connectivity index (χ2v) is 6.26. The van der Waals surface area contributed by atoms with Crippen LogP contribution in [0.25, 0.3) is 0 Å². The van der Waals surface area contributed by atoms with Crippen molar-refractivity contribution in [1.82, 2.24) is 0 Å². The van der Waals surface area contributed by atoms with E-state index in [1.54, 1.807) is 25.1 Å². The standard InChI is InChI=1S/C20H23F2N3O2/c1-4-6-19(26)24-17-8-5-7-16(12(17)2)23-13(3)20(27)25-18-11-14(21)9-10-15(18)22/h5,7-11,13,23H,4,6H2,1-3H3,(H,24,26)(H,25,27). The van der Waals surface area contributed by atoms with Crippen LogP contribution >= 0.6 is 0 Å². The lowest BCUT2D eigenvalue weighted by Crippen LogP contribution is -2.32. The highest BCUT2D eigenvalue weighted by Crippen LogP contribution is 2.24. The molecule has 144 valence electrons. The van der Waals surface area contributed by atoms with Gasteiger partial charge in [0.25, 0.3) is 0 Å². The number of benzene rings is 2. The van der Waals surface area contributed by atoms with Crippen molar-refractivity contribution in [2.24, 2.45) is 0 Å². The molecule has 0 aliphatic carbocycles. The number of hydrogen-bond donors (Lipinski definition) is 3. The number of carbonyl (C=O) groups excluding carboxylic acids is 2. The topological polar surface area (TPSA) is 70.2 Å². The molecule has 1 unspecified atom stereocenters. The summed E-state index contributed by atoms with van der Waals surface area (Å²) in [5.41, 5.74) is 1.87. The Morgan fingerprint density at radius 1 is 1.04 bits per heavy atom. The summed E-state index contributed by atoms with van der Waals surface area (Å²) in [6, 6.07) is 7.46. The molecule has 0 saturated carbocycles. The van der Waals surface area contributed by atoms with Gasteiger partial charge in [-0.15, -0.1) is 0 Å². The van der Waals surface area contributed by atoms with Crippen molar-refractivity contribution in [3.05, 3.63) is 53.6 Å². The van der Waals surface area contributed by atoms with Crippen LogP contribution in [0.3, 0.4) is 0 Å². The number of amides is 2. The lowest BCUT2D eigenvalue weighted by atomic mass is 10.1. The van der Waals surface area contributed by atoms with Gasteiger partial charge in [0, 0.05) is 23.9 Å². The predicted octanol–water partition coefficient (Wildman–Crippen LogP) is 4.45. The van der Waals surface area contributed by atoms with Crippen LogP contribution in [-0.4, -0.2) is 17.9 Å². The molecule has 0 spiro atoms. The molecule has 0 aliphatic rings. The molecule has 5 nitrogen and oxygen atoms in total. The Morgan fingerprint density at radius 2 is 1.74 bits per heavy atom. The number of carbonyl (C=O) groups is 2. The first-order valence-corrected chi connectivity index (χ1v) is 8.73. The van der Waals surface area contributed by atoms with E-state index in [9.17, 15) is 18.4 Å². The summed E-state index contributed by atoms with van der Waals surface area (Å²) < 4.78 is 26.9. The van der Waals surface area contributed by atoms with E-state index < -0.39 is 23.6 Å². The smallest absolute Gasteiger partial charge is 0.246 e. The van der Waals surface area contributed by atoms with Gasteiger partial charge in [0.1, 0.15) is 17.7 Å². The van der Waals surface area contributed by atoms with Gasteiger partial charge in [-0.1, -0.05) is 13.0 Å². The summed E-state index contributed by atoms with van der Waals surface area (Å²) in [5, 5.41) is 8.24. The van der Waals surface area contributed by atoms with Crippen molar-refractivity contribution in [1.29, 1.82) is 0 Å². The van der Waals surface area contributed by atoms with Gasteiger partial charge in [0.2, 0.25) is 11.8 Å². The maximum atomic E-state index is 13.7. The van der Waals surface area contributed by atoms with E-state index >= 15 is 0 Å². The average molecular weight is 375 g/mol. The first-order chi connectivity index (χ1) is 12.8. The summed E-state index contributed by atoms with van der Waals surface area (Å²) in [7, 11) is 0. The van der Waals surface area contributed by atoms with Crippen LogP contribution in [0.4, 0.5) is 25.8 Å². The Kier molecular flexibility index (Phi) is 6.87. The van der Waals surface area contributed by atoms with Crippen LogP contribution < -0.4 is 16.0 Å². The van der Waals surface area contributed by atoms with Crippen LogP contribution in [0.1, 0.15) is 32.3 Å². The summed E-state index contributed by atoms with van der Waals surface area (Å²) in [6.45, 7) is 5.35. The van der Waals surface area contributed by atoms with Crippen molar-refractivity contribution < 1.29 is 18.4 Å². The molecule has 0 aromatic heterocycles.